The molecule has 5 rings (SSSR count). The molecule has 0 aliphatic carbocycles. The van der Waals surface area contributed by atoms with Crippen molar-refractivity contribution in [3.05, 3.63) is 125 Å². The van der Waals surface area contributed by atoms with Crippen molar-refractivity contribution in [2.45, 2.75) is 97.4 Å². The number of carbonyl (C=O) groups excluding carboxylic acids is 1. The number of unbranched alkanes of at least 4 members (excludes halogenated alkanes) is 1. The van der Waals surface area contributed by atoms with E-state index in [0.29, 0.717) is 25.6 Å². The van der Waals surface area contributed by atoms with Crippen molar-refractivity contribution in [2.24, 2.45) is 5.92 Å². The number of hydrogen-bond donors (Lipinski definition) is 1. The normalized spacial score (nSPS) is 16.1. The molecule has 1 unspecified atom stereocenters. The minimum absolute atomic E-state index is 0.0404. The highest BCUT2D eigenvalue weighted by molar-refractivity contribution is 7.98. The number of carbonyl (C=O) groups is 1. The van der Waals surface area contributed by atoms with E-state index in [9.17, 15) is 4.79 Å². The first-order chi connectivity index (χ1) is 26.2. The van der Waals surface area contributed by atoms with Gasteiger partial charge in [0, 0.05) is 64.6 Å². The van der Waals surface area contributed by atoms with Crippen molar-refractivity contribution in [1.82, 2.24) is 9.55 Å². The highest BCUT2D eigenvalue weighted by Gasteiger charge is 2.36. The number of anilines is 1. The Morgan fingerprint density at radius 1 is 0.963 bits per heavy atom. The lowest BCUT2D eigenvalue weighted by atomic mass is 9.97. The first kappa shape index (κ1) is 41.1. The van der Waals surface area contributed by atoms with Crippen LogP contribution in [0.5, 0.6) is 5.75 Å². The summed E-state index contributed by atoms with van der Waals surface area (Å²) < 4.78 is 14.8. The predicted octanol–water partition coefficient (Wildman–Crippen LogP) is 10.8. The molecule has 288 valence electrons. The zero-order valence-corrected chi connectivity index (χ0v) is 34.2. The molecule has 0 saturated carbocycles. The van der Waals surface area contributed by atoms with Crippen molar-refractivity contribution in [3.63, 3.8) is 0 Å². The quantitative estimate of drug-likeness (QED) is 0.0587. The molecule has 0 fully saturated rings. The number of hydrogen-bond acceptors (Lipinski definition) is 5. The summed E-state index contributed by atoms with van der Waals surface area (Å²) in [6, 6.07) is 25.5. The number of quaternary nitrogens is 1. The lowest BCUT2D eigenvalue weighted by molar-refractivity contribution is -0.876. The molecule has 3 aromatic carbocycles. The Morgan fingerprint density at radius 3 is 2.48 bits per heavy atom. The third-order valence-corrected chi connectivity index (χ3v) is 11.2. The number of thioether (sulfide) groups is 1. The SMILES string of the molecule is CCCCOCCOc1ccc(C2=CC=C(C(=O)Nc3ccc(SCc4c(C)ncn4CCC)c(C)c3)CCC[N+]2(Cc2ccccc2)CC(C)C)cc1. The van der Waals surface area contributed by atoms with E-state index < -0.39 is 0 Å². The molecule has 0 bridgehead atoms. The third kappa shape index (κ3) is 11.5. The molecule has 1 aromatic heterocycles. The molecule has 0 spiro atoms. The van der Waals surface area contributed by atoms with Gasteiger partial charge in [-0.25, -0.2) is 4.98 Å². The Kier molecular flexibility index (Phi) is 15.6. The lowest BCUT2D eigenvalue weighted by Gasteiger charge is -2.42. The number of aromatic nitrogens is 2. The number of allylic oxidation sites excluding steroid dienone is 2. The van der Waals surface area contributed by atoms with Gasteiger partial charge in [-0.2, -0.15) is 0 Å². The number of nitrogens with one attached hydrogen (secondary N) is 1. The molecule has 1 aliphatic heterocycles. The number of benzene rings is 3. The number of ether oxygens (including phenoxy) is 2. The topological polar surface area (TPSA) is 65.4 Å². The zero-order valence-electron chi connectivity index (χ0n) is 33.4. The molecule has 1 N–H and O–H groups in total. The number of rotatable bonds is 19. The van der Waals surface area contributed by atoms with Gasteiger partial charge < -0.3 is 19.4 Å². The maximum absolute atomic E-state index is 13.9. The summed E-state index contributed by atoms with van der Waals surface area (Å²) in [6.45, 7) is 18.9. The van der Waals surface area contributed by atoms with E-state index >= 15 is 0 Å². The summed E-state index contributed by atoms with van der Waals surface area (Å²) >= 11 is 1.82. The van der Waals surface area contributed by atoms with Gasteiger partial charge in [-0.3, -0.25) is 9.28 Å². The van der Waals surface area contributed by atoms with Crippen LogP contribution < -0.4 is 10.1 Å². The Balaban J connectivity index is 1.37. The maximum Gasteiger partial charge on any atom is 0.251 e. The monoisotopic (exact) mass is 749 g/mol. The first-order valence-electron chi connectivity index (χ1n) is 19.9. The van der Waals surface area contributed by atoms with Gasteiger partial charge in [-0.15, -0.1) is 11.8 Å². The second kappa shape index (κ2) is 20.5. The Hall–Kier alpha value is -4.11. The molecular formula is C46H61N4O3S+. The Labute approximate surface area is 328 Å². The molecule has 1 aliphatic rings. The summed E-state index contributed by atoms with van der Waals surface area (Å²) in [5.41, 5.74) is 8.82. The van der Waals surface area contributed by atoms with Crippen molar-refractivity contribution in [2.75, 3.05) is 38.2 Å². The molecular weight excluding hydrogens is 689 g/mol. The minimum atomic E-state index is -0.0404. The summed E-state index contributed by atoms with van der Waals surface area (Å²) in [6.07, 6.45) is 11.1. The number of imidazole rings is 1. The number of nitrogens with zero attached hydrogens (tertiary/aromatic N) is 3. The summed E-state index contributed by atoms with van der Waals surface area (Å²) in [4.78, 5) is 19.6. The molecule has 0 saturated heterocycles. The van der Waals surface area contributed by atoms with Crippen molar-refractivity contribution >= 4 is 29.1 Å². The fourth-order valence-corrected chi connectivity index (χ4v) is 8.51. The van der Waals surface area contributed by atoms with Gasteiger partial charge in [0.15, 0.2) is 0 Å². The highest BCUT2D eigenvalue weighted by atomic mass is 32.2. The predicted molar refractivity (Wildman–Crippen MR) is 225 cm³/mol. The van der Waals surface area contributed by atoms with Crippen LogP contribution in [-0.4, -0.2) is 52.9 Å². The Morgan fingerprint density at radius 2 is 1.76 bits per heavy atom. The van der Waals surface area contributed by atoms with Crippen molar-refractivity contribution in [3.8, 4) is 5.75 Å². The molecule has 8 heteroatoms. The molecule has 1 amide bonds. The van der Waals surface area contributed by atoms with Crippen LogP contribution in [0.3, 0.4) is 0 Å². The molecule has 7 nitrogen and oxygen atoms in total. The van der Waals surface area contributed by atoms with E-state index in [1.54, 1.807) is 0 Å². The molecule has 1 atom stereocenters. The van der Waals surface area contributed by atoms with E-state index in [1.807, 2.05) is 24.2 Å². The fraction of sp³-hybridized carbons (Fsp3) is 0.435. The molecule has 2 heterocycles. The van der Waals surface area contributed by atoms with Gasteiger partial charge in [-0.05, 0) is 87.2 Å². The molecule has 4 aromatic rings. The number of amides is 1. The minimum Gasteiger partial charge on any atom is -0.491 e. The number of aryl methyl sites for hydroxylation is 3. The summed E-state index contributed by atoms with van der Waals surface area (Å²) in [5, 5.41) is 3.23. The third-order valence-electron chi connectivity index (χ3n) is 10.0. The van der Waals surface area contributed by atoms with Gasteiger partial charge in [0.1, 0.15) is 24.6 Å². The second-order valence-corrected chi connectivity index (χ2v) is 16.0. The van der Waals surface area contributed by atoms with Crippen LogP contribution in [0, 0.1) is 19.8 Å². The average Bonchev–Trinajstić information content (AvgIpc) is 3.50. The second-order valence-electron chi connectivity index (χ2n) is 15.0. The van der Waals surface area contributed by atoms with Crippen LogP contribution in [0.15, 0.2) is 102 Å². The summed E-state index contributed by atoms with van der Waals surface area (Å²) in [5.74, 6) is 2.14. The highest BCUT2D eigenvalue weighted by Crippen LogP contribution is 2.36. The van der Waals surface area contributed by atoms with Crippen molar-refractivity contribution < 1.29 is 18.8 Å². The van der Waals surface area contributed by atoms with Crippen LogP contribution in [-0.2, 0) is 28.4 Å². The van der Waals surface area contributed by atoms with Gasteiger partial charge in [0.05, 0.1) is 37.4 Å². The van der Waals surface area contributed by atoms with E-state index in [-0.39, 0.29) is 5.91 Å². The van der Waals surface area contributed by atoms with Crippen LogP contribution in [0.2, 0.25) is 0 Å². The molecule has 54 heavy (non-hydrogen) atoms. The largest absolute Gasteiger partial charge is 0.491 e. The molecule has 0 radical (unpaired) electrons. The van der Waals surface area contributed by atoms with Crippen LogP contribution in [0.4, 0.5) is 5.69 Å². The first-order valence-corrected chi connectivity index (χ1v) is 20.9. The van der Waals surface area contributed by atoms with Gasteiger partial charge in [0.2, 0.25) is 0 Å². The van der Waals surface area contributed by atoms with E-state index in [0.717, 1.165) is 103 Å². The van der Waals surface area contributed by atoms with Crippen molar-refractivity contribution in [1.29, 1.82) is 0 Å². The van der Waals surface area contributed by atoms with Gasteiger partial charge in [0.25, 0.3) is 5.91 Å². The zero-order chi connectivity index (χ0) is 38.3. The maximum atomic E-state index is 13.9. The summed E-state index contributed by atoms with van der Waals surface area (Å²) in [7, 11) is 0. The van der Waals surface area contributed by atoms with E-state index in [4.69, 9.17) is 9.47 Å². The van der Waals surface area contributed by atoms with Crippen LogP contribution >= 0.6 is 11.8 Å². The fourth-order valence-electron chi connectivity index (χ4n) is 7.39. The van der Waals surface area contributed by atoms with Crippen LogP contribution in [0.1, 0.15) is 87.9 Å². The Bertz CT molecular complexity index is 1850. The van der Waals surface area contributed by atoms with Crippen LogP contribution in [0.25, 0.3) is 5.70 Å². The van der Waals surface area contributed by atoms with Gasteiger partial charge in [-0.1, -0.05) is 64.4 Å². The van der Waals surface area contributed by atoms with E-state index in [1.165, 1.54) is 21.8 Å². The van der Waals surface area contributed by atoms with E-state index in [2.05, 4.69) is 135 Å². The standard InChI is InChI=1S/C46H60N4O3S/c1-7-9-27-52-28-29-53-42-21-17-39(18-22-42)44-23-19-40(16-13-26-50(44,31-35(3)4)32-38-14-11-10-12-15-38)46(51)48-41-20-24-45(36(5)30-41)54-33-43-37(6)47-34-49(43)25-8-2/h10-12,14-15,17-24,30,34-35H,7-9,13,16,25-29,31-33H2,1-6H3/p+1. The van der Waals surface area contributed by atoms with Gasteiger partial charge >= 0.3 is 0 Å². The lowest BCUT2D eigenvalue weighted by Crippen LogP contribution is -2.49. The average molecular weight is 750 g/mol. The smallest absolute Gasteiger partial charge is 0.251 e.